The molecule has 2 N–H and O–H groups in total. The van der Waals surface area contributed by atoms with Crippen LogP contribution in [0.15, 0.2) is 0 Å². The maximum Gasteiger partial charge on any atom is 0.239 e. The van der Waals surface area contributed by atoms with E-state index >= 15 is 0 Å². The van der Waals surface area contributed by atoms with Gasteiger partial charge in [-0.2, -0.15) is 0 Å². The summed E-state index contributed by atoms with van der Waals surface area (Å²) in [5.74, 6) is 0.299. The molecule has 0 aliphatic carbocycles. The number of nitrogens with zero attached hydrogens (tertiary/aromatic N) is 1. The topological polar surface area (TPSA) is 44.4 Å². The molecule has 0 saturated carbocycles. The minimum Gasteiger partial charge on any atom is -0.338 e. The first-order valence-electron chi connectivity index (χ1n) is 5.95. The van der Waals surface area contributed by atoms with Gasteiger partial charge >= 0.3 is 0 Å². The summed E-state index contributed by atoms with van der Waals surface area (Å²) in [6, 6.07) is 0.917. The van der Waals surface area contributed by atoms with Gasteiger partial charge in [0.2, 0.25) is 5.91 Å². The lowest BCUT2D eigenvalue weighted by Crippen LogP contribution is -2.58. The van der Waals surface area contributed by atoms with Gasteiger partial charge in [-0.15, -0.1) is 24.8 Å². The van der Waals surface area contributed by atoms with E-state index in [-0.39, 0.29) is 30.9 Å². The Labute approximate surface area is 116 Å². The first-order valence-corrected chi connectivity index (χ1v) is 5.95. The number of carbonyl (C=O) groups is 1. The van der Waals surface area contributed by atoms with Crippen molar-refractivity contribution in [3.63, 3.8) is 0 Å². The van der Waals surface area contributed by atoms with E-state index in [2.05, 4.69) is 24.5 Å². The van der Waals surface area contributed by atoms with Gasteiger partial charge in [0.25, 0.3) is 0 Å². The molecule has 4 nitrogen and oxygen atoms in total. The lowest BCUT2D eigenvalue weighted by atomic mass is 10.1. The number of rotatable bonds is 1. The standard InChI is InChI=1S/C11H21N3O.2ClH/c1-8-6-14(7-9(2)13-8)11(15)10-4-3-5-12-10;;/h8-10,12-13H,3-7H2,1-2H3;2*1H/t8?,9?,10-;;/m0../s1. The number of hydrogen-bond donors (Lipinski definition) is 2. The lowest BCUT2D eigenvalue weighted by Gasteiger charge is -2.37. The van der Waals surface area contributed by atoms with Crippen LogP contribution in [0.5, 0.6) is 0 Å². The van der Waals surface area contributed by atoms with Gasteiger partial charge < -0.3 is 15.5 Å². The Kier molecular flexibility index (Phi) is 7.40. The third-order valence-corrected chi connectivity index (χ3v) is 3.23. The average molecular weight is 284 g/mol. The van der Waals surface area contributed by atoms with Crippen LogP contribution in [0.2, 0.25) is 0 Å². The number of halogens is 2. The van der Waals surface area contributed by atoms with E-state index in [0.717, 1.165) is 32.5 Å². The summed E-state index contributed by atoms with van der Waals surface area (Å²) in [6.07, 6.45) is 2.14. The fourth-order valence-corrected chi connectivity index (χ4v) is 2.62. The maximum absolute atomic E-state index is 12.1. The minimum absolute atomic E-state index is 0. The van der Waals surface area contributed by atoms with Crippen molar-refractivity contribution >= 4 is 30.7 Å². The minimum atomic E-state index is 0. The van der Waals surface area contributed by atoms with Gasteiger partial charge in [-0.25, -0.2) is 0 Å². The van der Waals surface area contributed by atoms with Crippen molar-refractivity contribution in [2.45, 2.75) is 44.8 Å². The second-order valence-electron chi connectivity index (χ2n) is 4.86. The molecule has 2 unspecified atom stereocenters. The van der Waals surface area contributed by atoms with Crippen LogP contribution < -0.4 is 10.6 Å². The zero-order valence-corrected chi connectivity index (χ0v) is 12.1. The van der Waals surface area contributed by atoms with Crippen LogP contribution in [-0.4, -0.2) is 48.6 Å². The number of amides is 1. The summed E-state index contributed by atoms with van der Waals surface area (Å²) >= 11 is 0. The Morgan fingerprint density at radius 3 is 2.24 bits per heavy atom. The van der Waals surface area contributed by atoms with E-state index in [1.54, 1.807) is 0 Å². The van der Waals surface area contributed by atoms with Crippen LogP contribution in [0.3, 0.4) is 0 Å². The summed E-state index contributed by atoms with van der Waals surface area (Å²) < 4.78 is 0. The van der Waals surface area contributed by atoms with E-state index in [4.69, 9.17) is 0 Å². The van der Waals surface area contributed by atoms with Crippen LogP contribution in [0.4, 0.5) is 0 Å². The summed E-state index contributed by atoms with van der Waals surface area (Å²) in [7, 11) is 0. The van der Waals surface area contributed by atoms with Crippen LogP contribution in [0.1, 0.15) is 26.7 Å². The Balaban J connectivity index is 0.00000128. The second-order valence-corrected chi connectivity index (χ2v) is 4.86. The van der Waals surface area contributed by atoms with Crippen LogP contribution in [0.25, 0.3) is 0 Å². The van der Waals surface area contributed by atoms with Gasteiger partial charge in [-0.3, -0.25) is 4.79 Å². The first-order chi connectivity index (χ1) is 7.16. The van der Waals surface area contributed by atoms with Crippen LogP contribution >= 0.6 is 24.8 Å². The van der Waals surface area contributed by atoms with Gasteiger partial charge in [-0.05, 0) is 33.2 Å². The van der Waals surface area contributed by atoms with E-state index in [1.165, 1.54) is 0 Å². The van der Waals surface area contributed by atoms with E-state index in [1.807, 2.05) is 4.90 Å². The Hall–Kier alpha value is -0.0300. The largest absolute Gasteiger partial charge is 0.338 e. The molecule has 0 aromatic heterocycles. The molecule has 2 fully saturated rings. The molecule has 6 heteroatoms. The van der Waals surface area contributed by atoms with Gasteiger partial charge in [-0.1, -0.05) is 0 Å². The van der Waals surface area contributed by atoms with Crippen molar-refractivity contribution in [3.05, 3.63) is 0 Å². The third-order valence-electron chi connectivity index (χ3n) is 3.23. The molecule has 0 spiro atoms. The molecule has 0 radical (unpaired) electrons. The molecule has 3 atom stereocenters. The summed E-state index contributed by atoms with van der Waals surface area (Å²) in [5, 5.41) is 6.71. The number of hydrogen-bond acceptors (Lipinski definition) is 3. The molecule has 2 saturated heterocycles. The van der Waals surface area contributed by atoms with E-state index in [0.29, 0.717) is 18.0 Å². The van der Waals surface area contributed by atoms with Crippen molar-refractivity contribution in [2.75, 3.05) is 19.6 Å². The fraction of sp³-hybridized carbons (Fsp3) is 0.909. The monoisotopic (exact) mass is 283 g/mol. The first kappa shape index (κ1) is 17.0. The predicted octanol–water partition coefficient (Wildman–Crippen LogP) is 0.791. The Bertz CT molecular complexity index is 237. The molecule has 2 heterocycles. The normalized spacial score (nSPS) is 32.6. The highest BCUT2D eigenvalue weighted by molar-refractivity contribution is 5.85. The smallest absolute Gasteiger partial charge is 0.239 e. The van der Waals surface area contributed by atoms with Crippen molar-refractivity contribution in [1.29, 1.82) is 0 Å². The van der Waals surface area contributed by atoms with Crippen LogP contribution in [0, 0.1) is 0 Å². The maximum atomic E-state index is 12.1. The molecule has 1 amide bonds. The molecular weight excluding hydrogens is 261 g/mol. The number of piperazine rings is 1. The summed E-state index contributed by atoms with van der Waals surface area (Å²) in [5.41, 5.74) is 0. The van der Waals surface area contributed by atoms with E-state index in [9.17, 15) is 4.79 Å². The molecule has 0 aromatic rings. The Morgan fingerprint density at radius 2 is 1.76 bits per heavy atom. The highest BCUT2D eigenvalue weighted by Crippen LogP contribution is 2.12. The lowest BCUT2D eigenvalue weighted by molar-refractivity contribution is -0.134. The number of carbonyl (C=O) groups excluding carboxylic acids is 1. The SMILES string of the molecule is CC1CN(C(=O)[C@@H]2CCCN2)CC(C)N1.Cl.Cl. The zero-order valence-electron chi connectivity index (χ0n) is 10.4. The van der Waals surface area contributed by atoms with Crippen molar-refractivity contribution < 1.29 is 4.79 Å². The molecule has 0 bridgehead atoms. The van der Waals surface area contributed by atoms with Gasteiger partial charge in [0.15, 0.2) is 0 Å². The second kappa shape index (κ2) is 7.41. The van der Waals surface area contributed by atoms with Crippen LogP contribution in [-0.2, 0) is 4.79 Å². The van der Waals surface area contributed by atoms with Crippen molar-refractivity contribution in [1.82, 2.24) is 15.5 Å². The highest BCUT2D eigenvalue weighted by atomic mass is 35.5. The van der Waals surface area contributed by atoms with Crippen molar-refractivity contribution in [2.24, 2.45) is 0 Å². The zero-order chi connectivity index (χ0) is 10.8. The molecule has 2 aliphatic heterocycles. The summed E-state index contributed by atoms with van der Waals surface area (Å²) in [4.78, 5) is 14.1. The summed E-state index contributed by atoms with van der Waals surface area (Å²) in [6.45, 7) is 6.96. The molecule has 17 heavy (non-hydrogen) atoms. The third kappa shape index (κ3) is 4.28. The molecular formula is C11H23Cl2N3O. The number of nitrogens with one attached hydrogen (secondary N) is 2. The quantitative estimate of drug-likeness (QED) is 0.748. The predicted molar refractivity (Wildman–Crippen MR) is 74.2 cm³/mol. The molecule has 102 valence electrons. The van der Waals surface area contributed by atoms with E-state index < -0.39 is 0 Å². The van der Waals surface area contributed by atoms with Gasteiger partial charge in [0.05, 0.1) is 6.04 Å². The molecule has 2 aliphatic rings. The van der Waals surface area contributed by atoms with Crippen molar-refractivity contribution in [3.8, 4) is 0 Å². The fourth-order valence-electron chi connectivity index (χ4n) is 2.62. The molecule has 2 rings (SSSR count). The molecule has 0 aromatic carbocycles. The average Bonchev–Trinajstić information content (AvgIpc) is 2.67. The van der Waals surface area contributed by atoms with Gasteiger partial charge in [0.1, 0.15) is 0 Å². The highest BCUT2D eigenvalue weighted by Gasteiger charge is 2.30. The Morgan fingerprint density at radius 1 is 1.18 bits per heavy atom. The van der Waals surface area contributed by atoms with Gasteiger partial charge in [0, 0.05) is 25.2 Å².